The number of anilines is 7. The summed E-state index contributed by atoms with van der Waals surface area (Å²) in [7, 11) is -1.33. The summed E-state index contributed by atoms with van der Waals surface area (Å²) in [5, 5.41) is 50.5. The van der Waals surface area contributed by atoms with E-state index in [4.69, 9.17) is 67.8 Å². The molecule has 0 aliphatic carbocycles. The molecule has 6 aromatic rings. The molecule has 19 N–H and O–H groups in total. The Labute approximate surface area is 523 Å². The molecule has 0 radical (unpaired) electrons. The van der Waals surface area contributed by atoms with Crippen LogP contribution in [0.25, 0.3) is 0 Å². The highest BCUT2D eigenvalue weighted by Crippen LogP contribution is 2.31. The first kappa shape index (κ1) is 78.3. The number of aromatic amines is 1. The second-order valence-electron chi connectivity index (χ2n) is 13.6. The highest BCUT2D eigenvalue weighted by Gasteiger charge is 2.30. The van der Waals surface area contributed by atoms with Crippen molar-refractivity contribution in [3.8, 4) is 30.3 Å². The average molecular weight is 1410 g/mol. The summed E-state index contributed by atoms with van der Waals surface area (Å²) < 4.78 is 49.7. The largest absolute Gasteiger partial charge is 0.416 e. The third-order valence-corrected chi connectivity index (χ3v) is 13.9. The van der Waals surface area contributed by atoms with Crippen molar-refractivity contribution >= 4 is 163 Å². The van der Waals surface area contributed by atoms with Crippen molar-refractivity contribution in [2.75, 3.05) is 94.7 Å². The predicted molar refractivity (Wildman–Crippen MR) is 338 cm³/mol. The molecule has 444 valence electrons. The Balaban J connectivity index is 0. The lowest BCUT2D eigenvalue weighted by atomic mass is 10.1. The van der Waals surface area contributed by atoms with E-state index in [2.05, 4.69) is 101 Å². The van der Waals surface area contributed by atoms with Gasteiger partial charge in [0.2, 0.25) is 23.8 Å². The molecule has 1 atom stereocenters. The summed E-state index contributed by atoms with van der Waals surface area (Å²) >= 11 is 15.0. The van der Waals surface area contributed by atoms with Crippen LogP contribution in [0.2, 0.25) is 0 Å². The number of hydrazine groups is 2. The van der Waals surface area contributed by atoms with Crippen LogP contribution < -0.4 is 56.9 Å². The smallest absolute Gasteiger partial charge is 0.369 e. The van der Waals surface area contributed by atoms with Crippen molar-refractivity contribution in [3.05, 3.63) is 67.9 Å². The molecule has 5 heterocycles. The van der Waals surface area contributed by atoms with Crippen molar-refractivity contribution in [1.82, 2.24) is 49.8 Å². The Morgan fingerprint density at radius 3 is 1.41 bits per heavy atom. The van der Waals surface area contributed by atoms with Crippen LogP contribution in [-0.4, -0.2) is 115 Å². The summed E-state index contributed by atoms with van der Waals surface area (Å²) in [6.45, 7) is -0.213. The Hall–Kier alpha value is -6.79. The van der Waals surface area contributed by atoms with Crippen LogP contribution in [0.3, 0.4) is 0 Å². The molecule has 0 aliphatic rings. The number of benzene rings is 1. The summed E-state index contributed by atoms with van der Waals surface area (Å²) in [6, 6.07) is 14.4. The van der Waals surface area contributed by atoms with Gasteiger partial charge in [0.05, 0.1) is 22.9 Å². The number of thioether (sulfide) groups is 6. The lowest BCUT2D eigenvalue weighted by molar-refractivity contribution is -0.137. The topological polar surface area (TPSA) is 517 Å². The van der Waals surface area contributed by atoms with Crippen LogP contribution in [0.15, 0.2) is 59.4 Å². The standard InChI is InChI=1S/C16H14F3N5OS.C7H8N4OS2.C7H8N4S2.C6H8N6S.C6H6N4S2.CH3I.CH4.H4N2/c1-26-14-12(7-20)13(23-15(21)24-14)22-8-11(25)6-9-3-2-4-10(5-9)16(17,18)19;1-13-5-4(3-8)6(14(2)12)11-7(9)10-5;1-12-5-4(3-8)6(13-2)11-7(9)10-5;1-13-5-3(2-7)4(12-9)10-6(8)11-5;1-12-5-3(2-7)4(11)9-6(8)10-5;1-2;;1-2/h2-5H,6,8H2,1H3,(H3,21,22,23,24);1-2H3,(H2,9,10,11);1-2H3,(H2,9,10,11);9H2,1H3,(H3,8,10,11,12);1H3,(H3,8,9,10,11);1H3;1H4;1-2H2. The number of aromatic nitrogens is 10. The molecule has 6 rings (SSSR count). The van der Waals surface area contributed by atoms with E-state index >= 15 is 0 Å². The minimum atomic E-state index is -4.47. The van der Waals surface area contributed by atoms with E-state index in [0.29, 0.717) is 51.5 Å². The number of rotatable bonds is 13. The van der Waals surface area contributed by atoms with Crippen molar-refractivity contribution < 1.29 is 22.2 Å². The molecule has 0 spiro atoms. The van der Waals surface area contributed by atoms with Gasteiger partial charge in [-0.05, 0) is 54.1 Å². The molecule has 27 nitrogen and oxygen atoms in total. The normalized spacial score (nSPS) is 9.95. The van der Waals surface area contributed by atoms with Crippen molar-refractivity contribution in [2.45, 2.75) is 55.2 Å². The maximum absolute atomic E-state index is 12.7. The second kappa shape index (κ2) is 41.2. The van der Waals surface area contributed by atoms with Gasteiger partial charge in [0.25, 0.3) is 0 Å². The molecule has 0 saturated heterocycles. The molecule has 0 fully saturated rings. The fourth-order valence-electron chi connectivity index (χ4n) is 5.40. The lowest BCUT2D eigenvalue weighted by Crippen LogP contribution is -2.18. The van der Waals surface area contributed by atoms with Crippen LogP contribution in [-0.2, 0) is 28.2 Å². The number of nitriles is 5. The Bertz CT molecular complexity index is 3300. The van der Waals surface area contributed by atoms with E-state index in [-0.39, 0.29) is 89.3 Å². The van der Waals surface area contributed by atoms with Crippen LogP contribution in [0.1, 0.15) is 46.4 Å². The number of nitrogens with zero attached hydrogens (tertiary/aromatic N) is 14. The molecular weight excluding hydrogens is 1350 g/mol. The third kappa shape index (κ3) is 25.3. The summed E-state index contributed by atoms with van der Waals surface area (Å²) in [5.41, 5.74) is 30.6. The fourth-order valence-corrected chi connectivity index (χ4v) is 9.69. The number of nitrogen functional groups attached to an aromatic ring is 6. The Morgan fingerprint density at radius 2 is 1.01 bits per heavy atom. The van der Waals surface area contributed by atoms with Gasteiger partial charge in [0.15, 0.2) is 28.4 Å². The first-order chi connectivity index (χ1) is 39.0. The van der Waals surface area contributed by atoms with Gasteiger partial charge >= 0.3 is 6.18 Å². The monoisotopic (exact) mass is 1410 g/mol. The number of H-pyrrole nitrogens is 1. The number of alkyl halides is 4. The molecule has 1 aromatic carbocycles. The zero-order valence-electron chi connectivity index (χ0n) is 44.2. The zero-order chi connectivity index (χ0) is 62.9. The number of carbonyl (C=O) groups is 1. The molecule has 0 amide bonds. The molecule has 5 aromatic heterocycles. The predicted octanol–water partition coefficient (Wildman–Crippen LogP) is 6.42. The van der Waals surface area contributed by atoms with E-state index in [9.17, 15) is 27.4 Å². The highest BCUT2D eigenvalue weighted by molar-refractivity contribution is 14.1. The van der Waals surface area contributed by atoms with Crippen LogP contribution in [0.5, 0.6) is 0 Å². The SMILES string of the molecule is C.CI.CSc1nc(N)[nH]c(=S)c1C#N.CSc1nc(N)nc(NCC(=O)Cc2cccc(C(F)(F)F)c2)c1C#N.CSc1nc(N)nc(NN)c1C#N.CSc1nc(N)nc(S(C)=O)c1C#N.CSc1nc(N)nc(SC)c1C#N.NN. The van der Waals surface area contributed by atoms with Crippen LogP contribution in [0, 0.1) is 61.3 Å². The van der Waals surface area contributed by atoms with Gasteiger partial charge in [-0.15, -0.1) is 70.6 Å². The van der Waals surface area contributed by atoms with Crippen molar-refractivity contribution in [1.29, 1.82) is 26.3 Å². The first-order valence-electron chi connectivity index (χ1n) is 21.3. The first-order valence-corrected chi connectivity index (χ1v) is 32.7. The Kier molecular flexibility index (Phi) is 38.9. The summed E-state index contributed by atoms with van der Waals surface area (Å²) in [6.07, 6.45) is 7.60. The van der Waals surface area contributed by atoms with Gasteiger partial charge in [-0.3, -0.25) is 20.7 Å². The molecule has 0 aliphatic heterocycles. The summed E-state index contributed by atoms with van der Waals surface area (Å²) in [5.74, 6) is 13.7. The molecule has 0 saturated carbocycles. The van der Waals surface area contributed by atoms with E-state index in [0.717, 1.165) is 12.1 Å². The zero-order valence-corrected chi connectivity index (χ0v) is 52.9. The van der Waals surface area contributed by atoms with Gasteiger partial charge in [-0.25, -0.2) is 40.7 Å². The number of carbonyl (C=O) groups excluding carboxylic acids is 1. The molecule has 39 heteroatoms. The minimum Gasteiger partial charge on any atom is -0.369 e. The lowest BCUT2D eigenvalue weighted by Gasteiger charge is -2.10. The number of Topliss-reactive ketones (excluding diaryl/α,β-unsaturated/α-hetero) is 1. The molecule has 1 unspecified atom stereocenters. The van der Waals surface area contributed by atoms with Crippen LogP contribution in [0.4, 0.5) is 54.5 Å². The number of halogens is 4. The summed E-state index contributed by atoms with van der Waals surface area (Å²) in [4.78, 5) is 51.6. The van der Waals surface area contributed by atoms with Gasteiger partial charge in [0.1, 0.15) is 93.0 Å². The van der Waals surface area contributed by atoms with Crippen LogP contribution >= 0.6 is 105 Å². The van der Waals surface area contributed by atoms with Gasteiger partial charge in [-0.1, -0.05) is 60.4 Å². The van der Waals surface area contributed by atoms with E-state index < -0.39 is 22.5 Å². The Morgan fingerprint density at radius 1 is 0.639 bits per heavy atom. The minimum absolute atomic E-state index is 0. The van der Waals surface area contributed by atoms with Gasteiger partial charge in [0, 0.05) is 12.7 Å². The van der Waals surface area contributed by atoms with E-state index in [1.165, 1.54) is 89.0 Å². The second-order valence-corrected chi connectivity index (χ2v) is 20.1. The maximum atomic E-state index is 12.7. The third-order valence-electron chi connectivity index (χ3n) is 8.65. The maximum Gasteiger partial charge on any atom is 0.416 e. The van der Waals surface area contributed by atoms with E-state index in [1.807, 2.05) is 48.0 Å². The molecule has 0 bridgehead atoms. The van der Waals surface area contributed by atoms with Gasteiger partial charge < -0.3 is 44.4 Å². The van der Waals surface area contributed by atoms with Crippen molar-refractivity contribution in [3.63, 3.8) is 0 Å². The number of hydrogen-bond acceptors (Lipinski definition) is 33. The number of nitrogens with two attached hydrogens (primary N) is 8. The van der Waals surface area contributed by atoms with Gasteiger partial charge in [-0.2, -0.15) is 49.4 Å². The number of nitrogens with one attached hydrogen (secondary N) is 3. The number of ketones is 1. The molecule has 83 heavy (non-hydrogen) atoms. The quantitative estimate of drug-likeness (QED) is 0.0113. The number of hydrogen-bond donors (Lipinski definition) is 11. The van der Waals surface area contributed by atoms with E-state index in [1.54, 1.807) is 18.8 Å². The average Bonchev–Trinajstić information content (AvgIpc) is 3.49. The highest BCUT2D eigenvalue weighted by atomic mass is 127. The van der Waals surface area contributed by atoms with Crippen molar-refractivity contribution in [2.24, 2.45) is 17.5 Å². The molecular formula is C44H55F3IN25O2S8. The fraction of sp³-hybridized carbons (Fsp3) is 0.273.